The number of hydrogen-bond acceptors (Lipinski definition) is 3. The van der Waals surface area contributed by atoms with Gasteiger partial charge in [0, 0.05) is 19.1 Å². The Bertz CT molecular complexity index is 725. The number of piperidine rings is 1. The van der Waals surface area contributed by atoms with Gasteiger partial charge in [-0.15, -0.1) is 0 Å². The van der Waals surface area contributed by atoms with Gasteiger partial charge < -0.3 is 10.6 Å². The van der Waals surface area contributed by atoms with Crippen molar-refractivity contribution in [1.29, 1.82) is 0 Å². The molecule has 1 fully saturated rings. The van der Waals surface area contributed by atoms with E-state index in [0.717, 1.165) is 30.8 Å². The van der Waals surface area contributed by atoms with Crippen molar-refractivity contribution in [1.82, 2.24) is 14.7 Å². The van der Waals surface area contributed by atoms with Crippen LogP contribution in [0.15, 0.2) is 30.5 Å². The molecule has 0 bridgehead atoms. The fourth-order valence-electron chi connectivity index (χ4n) is 3.48. The average Bonchev–Trinajstić information content (AvgIpc) is 2.96. The molecule has 0 radical (unpaired) electrons. The summed E-state index contributed by atoms with van der Waals surface area (Å²) in [6.07, 6.45) is 3.68. The third kappa shape index (κ3) is 2.94. The lowest BCUT2D eigenvalue weighted by atomic mass is 9.90. The summed E-state index contributed by atoms with van der Waals surface area (Å²) in [5.41, 5.74) is 7.96. The van der Waals surface area contributed by atoms with Crippen LogP contribution in [0.1, 0.15) is 35.8 Å². The van der Waals surface area contributed by atoms with Gasteiger partial charge >= 0.3 is 0 Å². The van der Waals surface area contributed by atoms with Crippen molar-refractivity contribution < 1.29 is 9.18 Å². The van der Waals surface area contributed by atoms with Gasteiger partial charge in [0.1, 0.15) is 5.82 Å². The van der Waals surface area contributed by atoms with Crippen molar-refractivity contribution in [2.45, 2.75) is 32.7 Å². The van der Waals surface area contributed by atoms with E-state index in [1.165, 1.54) is 12.1 Å². The second-order valence-electron chi connectivity index (χ2n) is 6.45. The molecular formula is C18H23FN4O. The molecule has 1 amide bonds. The zero-order chi connectivity index (χ0) is 17.3. The molecule has 1 saturated heterocycles. The Morgan fingerprint density at radius 1 is 1.38 bits per heavy atom. The molecule has 0 saturated carbocycles. The maximum Gasteiger partial charge on any atom is 0.257 e. The number of benzene rings is 1. The van der Waals surface area contributed by atoms with Gasteiger partial charge in [-0.05, 0) is 49.9 Å². The highest BCUT2D eigenvalue weighted by molar-refractivity contribution is 5.95. The van der Waals surface area contributed by atoms with E-state index < -0.39 is 0 Å². The fourth-order valence-corrected chi connectivity index (χ4v) is 3.48. The summed E-state index contributed by atoms with van der Waals surface area (Å²) in [5, 5.41) is 4.32. The minimum atomic E-state index is -0.298. The first-order valence-corrected chi connectivity index (χ1v) is 8.34. The molecule has 0 unspecified atom stereocenters. The Morgan fingerprint density at radius 2 is 2.08 bits per heavy atom. The van der Waals surface area contributed by atoms with Crippen LogP contribution >= 0.6 is 0 Å². The molecule has 24 heavy (non-hydrogen) atoms. The first-order valence-electron chi connectivity index (χ1n) is 8.34. The molecular weight excluding hydrogens is 307 g/mol. The van der Waals surface area contributed by atoms with E-state index in [-0.39, 0.29) is 17.8 Å². The Morgan fingerprint density at radius 3 is 2.75 bits per heavy atom. The van der Waals surface area contributed by atoms with Crippen molar-refractivity contribution in [2.75, 3.05) is 13.1 Å². The van der Waals surface area contributed by atoms with E-state index in [0.29, 0.717) is 18.0 Å². The molecule has 128 valence electrons. The zero-order valence-corrected chi connectivity index (χ0v) is 14.1. The van der Waals surface area contributed by atoms with Crippen LogP contribution in [-0.2, 0) is 0 Å². The highest BCUT2D eigenvalue weighted by Gasteiger charge is 2.32. The van der Waals surface area contributed by atoms with Crippen molar-refractivity contribution in [2.24, 2.45) is 11.7 Å². The van der Waals surface area contributed by atoms with Gasteiger partial charge in [0.15, 0.2) is 0 Å². The quantitative estimate of drug-likeness (QED) is 0.940. The molecule has 2 atom stereocenters. The van der Waals surface area contributed by atoms with Gasteiger partial charge in [-0.3, -0.25) is 4.79 Å². The summed E-state index contributed by atoms with van der Waals surface area (Å²) in [6, 6.07) is 6.13. The molecule has 1 aromatic carbocycles. The summed E-state index contributed by atoms with van der Waals surface area (Å²) in [4.78, 5) is 14.9. The lowest BCUT2D eigenvalue weighted by Gasteiger charge is -2.39. The number of halogens is 1. The lowest BCUT2D eigenvalue weighted by Crippen LogP contribution is -2.51. The third-order valence-electron chi connectivity index (χ3n) is 4.93. The van der Waals surface area contributed by atoms with E-state index in [1.807, 2.05) is 11.8 Å². The number of carbonyl (C=O) groups is 1. The minimum Gasteiger partial charge on any atom is -0.334 e. The Kier molecular flexibility index (Phi) is 4.66. The number of nitrogens with zero attached hydrogens (tertiary/aromatic N) is 3. The molecule has 2 aromatic rings. The number of hydrogen-bond donors (Lipinski definition) is 1. The number of carbonyl (C=O) groups excluding carboxylic acids is 1. The smallest absolute Gasteiger partial charge is 0.257 e. The summed E-state index contributed by atoms with van der Waals surface area (Å²) < 4.78 is 14.8. The monoisotopic (exact) mass is 330 g/mol. The van der Waals surface area contributed by atoms with E-state index in [4.69, 9.17) is 5.73 Å². The van der Waals surface area contributed by atoms with E-state index in [1.54, 1.807) is 23.0 Å². The largest absolute Gasteiger partial charge is 0.334 e. The van der Waals surface area contributed by atoms with Gasteiger partial charge in [0.2, 0.25) is 0 Å². The molecule has 1 aliphatic rings. The summed E-state index contributed by atoms with van der Waals surface area (Å²) in [7, 11) is 0. The standard InChI is InChI=1S/C18H23FN4O/c1-12-4-3-9-22(17(12)10-20)18(24)16-11-21-23(13(16)2)15-7-5-14(19)6-8-15/h5-8,11-12,17H,3-4,9-10,20H2,1-2H3/t12-,17-/m1/s1. The SMILES string of the molecule is Cc1c(C(=O)N2CCC[C@@H](C)[C@H]2CN)cnn1-c1ccc(F)cc1. The summed E-state index contributed by atoms with van der Waals surface area (Å²) >= 11 is 0. The highest BCUT2D eigenvalue weighted by atomic mass is 19.1. The molecule has 6 heteroatoms. The van der Waals surface area contributed by atoms with Crippen LogP contribution in [0, 0.1) is 18.7 Å². The molecule has 3 rings (SSSR count). The molecule has 2 heterocycles. The Balaban J connectivity index is 1.90. The fraction of sp³-hybridized carbons (Fsp3) is 0.444. The molecule has 0 spiro atoms. The van der Waals surface area contributed by atoms with Gasteiger partial charge in [0.05, 0.1) is 23.1 Å². The number of amides is 1. The molecule has 1 aromatic heterocycles. The van der Waals surface area contributed by atoms with Crippen molar-refractivity contribution >= 4 is 5.91 Å². The number of likely N-dealkylation sites (tertiary alicyclic amines) is 1. The normalized spacial score (nSPS) is 21.1. The van der Waals surface area contributed by atoms with Gasteiger partial charge in [-0.2, -0.15) is 5.10 Å². The molecule has 2 N–H and O–H groups in total. The Labute approximate surface area is 141 Å². The maximum absolute atomic E-state index is 13.1. The molecule has 5 nitrogen and oxygen atoms in total. The summed E-state index contributed by atoms with van der Waals surface area (Å²) in [6.45, 7) is 5.20. The van der Waals surface area contributed by atoms with Crippen molar-refractivity contribution in [3.63, 3.8) is 0 Å². The van der Waals surface area contributed by atoms with Crippen LogP contribution in [0.4, 0.5) is 4.39 Å². The zero-order valence-electron chi connectivity index (χ0n) is 14.1. The van der Waals surface area contributed by atoms with Crippen LogP contribution < -0.4 is 5.73 Å². The second kappa shape index (κ2) is 6.73. The van der Waals surface area contributed by atoms with Crippen LogP contribution in [0.3, 0.4) is 0 Å². The number of rotatable bonds is 3. The van der Waals surface area contributed by atoms with Crippen LogP contribution in [0.2, 0.25) is 0 Å². The summed E-state index contributed by atoms with van der Waals surface area (Å²) in [5.74, 6) is 0.0796. The lowest BCUT2D eigenvalue weighted by molar-refractivity contribution is 0.0532. The van der Waals surface area contributed by atoms with E-state index >= 15 is 0 Å². The van der Waals surface area contributed by atoms with E-state index in [2.05, 4.69) is 12.0 Å². The third-order valence-corrected chi connectivity index (χ3v) is 4.93. The van der Waals surface area contributed by atoms with Crippen LogP contribution in [0.25, 0.3) is 5.69 Å². The van der Waals surface area contributed by atoms with Crippen molar-refractivity contribution in [3.05, 3.63) is 47.5 Å². The first kappa shape index (κ1) is 16.6. The highest BCUT2D eigenvalue weighted by Crippen LogP contribution is 2.25. The topological polar surface area (TPSA) is 64.2 Å². The van der Waals surface area contributed by atoms with Gasteiger partial charge in [0.25, 0.3) is 5.91 Å². The number of aromatic nitrogens is 2. The first-order chi connectivity index (χ1) is 11.5. The second-order valence-corrected chi connectivity index (χ2v) is 6.45. The predicted octanol–water partition coefficient (Wildman–Crippen LogP) is 2.52. The minimum absolute atomic E-state index is 0.0251. The van der Waals surface area contributed by atoms with Gasteiger partial charge in [-0.1, -0.05) is 6.92 Å². The molecule has 0 aliphatic carbocycles. The average molecular weight is 330 g/mol. The van der Waals surface area contributed by atoms with E-state index in [9.17, 15) is 9.18 Å². The van der Waals surface area contributed by atoms with Crippen LogP contribution in [0.5, 0.6) is 0 Å². The molecule has 1 aliphatic heterocycles. The maximum atomic E-state index is 13.1. The van der Waals surface area contributed by atoms with Crippen LogP contribution in [-0.4, -0.2) is 39.7 Å². The number of nitrogens with two attached hydrogens (primary N) is 1. The van der Waals surface area contributed by atoms with Gasteiger partial charge in [-0.25, -0.2) is 9.07 Å². The predicted molar refractivity (Wildman–Crippen MR) is 90.5 cm³/mol. The van der Waals surface area contributed by atoms with Crippen molar-refractivity contribution in [3.8, 4) is 5.69 Å². The Hall–Kier alpha value is -2.21.